The fourth-order valence-electron chi connectivity index (χ4n) is 3.53. The number of carbonyl (C=O) groups is 2. The molecule has 4 aromatic rings. The average molecular weight is 407 g/mol. The SMILES string of the molecule is CN1C(=O)c2cnc3c(c(-c4ccccc4)nn3-c3ccc(Cl)cc3F)c2C1=O. The summed E-state index contributed by atoms with van der Waals surface area (Å²) in [6.07, 6.45) is 1.34. The molecule has 2 aromatic heterocycles. The first-order chi connectivity index (χ1) is 14.0. The summed E-state index contributed by atoms with van der Waals surface area (Å²) >= 11 is 5.88. The molecule has 2 aromatic carbocycles. The van der Waals surface area contributed by atoms with Crippen molar-refractivity contribution in [1.29, 1.82) is 0 Å². The first kappa shape index (κ1) is 17.5. The Hall–Kier alpha value is -3.58. The van der Waals surface area contributed by atoms with Crippen LogP contribution in [0.4, 0.5) is 4.39 Å². The number of amides is 2. The Morgan fingerprint density at radius 2 is 1.79 bits per heavy atom. The van der Waals surface area contributed by atoms with E-state index in [9.17, 15) is 14.0 Å². The predicted octanol–water partition coefficient (Wildman–Crippen LogP) is 4.11. The highest BCUT2D eigenvalue weighted by atomic mass is 35.5. The standard InChI is InChI=1S/C21H12ClFN4O2/c1-26-20(28)13-10-24-19-17(16(13)21(26)29)18(11-5-3-2-4-6-11)25-27(19)15-8-7-12(22)9-14(15)23/h2-10H,1H3. The van der Waals surface area contributed by atoms with Gasteiger partial charge in [0.15, 0.2) is 5.65 Å². The average Bonchev–Trinajstić information content (AvgIpc) is 3.20. The van der Waals surface area contributed by atoms with E-state index in [4.69, 9.17) is 11.6 Å². The monoisotopic (exact) mass is 406 g/mol. The quantitative estimate of drug-likeness (QED) is 0.470. The number of carbonyl (C=O) groups excluding carboxylic acids is 2. The van der Waals surface area contributed by atoms with Gasteiger partial charge in [-0.1, -0.05) is 41.9 Å². The number of hydrogen-bond acceptors (Lipinski definition) is 4. The zero-order valence-electron chi connectivity index (χ0n) is 15.1. The summed E-state index contributed by atoms with van der Waals surface area (Å²) < 4.78 is 16.0. The number of imide groups is 1. The second-order valence-corrected chi connectivity index (χ2v) is 7.07. The number of halogens is 2. The van der Waals surface area contributed by atoms with Crippen LogP contribution in [0.1, 0.15) is 20.7 Å². The van der Waals surface area contributed by atoms with Gasteiger partial charge in [-0.25, -0.2) is 14.1 Å². The van der Waals surface area contributed by atoms with Gasteiger partial charge < -0.3 is 0 Å². The van der Waals surface area contributed by atoms with E-state index in [2.05, 4.69) is 10.1 Å². The van der Waals surface area contributed by atoms with Gasteiger partial charge in [-0.05, 0) is 18.2 Å². The summed E-state index contributed by atoms with van der Waals surface area (Å²) in [5.41, 5.74) is 2.01. The molecule has 0 atom stereocenters. The highest BCUT2D eigenvalue weighted by Gasteiger charge is 2.37. The lowest BCUT2D eigenvalue weighted by Crippen LogP contribution is -2.24. The molecule has 0 N–H and O–H groups in total. The van der Waals surface area contributed by atoms with Crippen molar-refractivity contribution < 1.29 is 14.0 Å². The molecule has 29 heavy (non-hydrogen) atoms. The zero-order chi connectivity index (χ0) is 20.3. The van der Waals surface area contributed by atoms with Crippen molar-refractivity contribution >= 4 is 34.4 Å². The van der Waals surface area contributed by atoms with Crippen LogP contribution in [0, 0.1) is 5.82 Å². The lowest BCUT2D eigenvalue weighted by molar-refractivity contribution is 0.0693. The first-order valence-corrected chi connectivity index (χ1v) is 9.10. The molecule has 0 unspecified atom stereocenters. The van der Waals surface area contributed by atoms with E-state index in [-0.39, 0.29) is 27.5 Å². The second-order valence-electron chi connectivity index (χ2n) is 6.64. The van der Waals surface area contributed by atoms with Gasteiger partial charge in [0.25, 0.3) is 11.8 Å². The number of benzene rings is 2. The molecule has 142 valence electrons. The first-order valence-electron chi connectivity index (χ1n) is 8.72. The van der Waals surface area contributed by atoms with Crippen molar-refractivity contribution in [2.24, 2.45) is 0 Å². The van der Waals surface area contributed by atoms with Crippen molar-refractivity contribution in [3.8, 4) is 16.9 Å². The Balaban J connectivity index is 1.91. The van der Waals surface area contributed by atoms with Crippen molar-refractivity contribution in [2.45, 2.75) is 0 Å². The molecule has 8 heteroatoms. The molecule has 0 fully saturated rings. The van der Waals surface area contributed by atoms with Gasteiger partial charge in [0, 0.05) is 23.8 Å². The smallest absolute Gasteiger partial charge is 0.262 e. The van der Waals surface area contributed by atoms with E-state index < -0.39 is 17.6 Å². The Morgan fingerprint density at radius 1 is 1.03 bits per heavy atom. The fourth-order valence-corrected chi connectivity index (χ4v) is 3.69. The fraction of sp³-hybridized carbons (Fsp3) is 0.0476. The van der Waals surface area contributed by atoms with Gasteiger partial charge in [0.2, 0.25) is 0 Å². The van der Waals surface area contributed by atoms with E-state index in [0.29, 0.717) is 11.1 Å². The Labute approximate surface area is 169 Å². The van der Waals surface area contributed by atoms with E-state index in [1.165, 1.54) is 30.1 Å². The largest absolute Gasteiger partial charge is 0.277 e. The van der Waals surface area contributed by atoms with Gasteiger partial charge >= 0.3 is 0 Å². The molecule has 2 amide bonds. The molecule has 1 aliphatic heterocycles. The van der Waals surface area contributed by atoms with Crippen LogP contribution in [0.5, 0.6) is 0 Å². The van der Waals surface area contributed by atoms with Gasteiger partial charge in [-0.15, -0.1) is 0 Å². The van der Waals surface area contributed by atoms with Gasteiger partial charge in [0.05, 0.1) is 16.5 Å². The summed E-state index contributed by atoms with van der Waals surface area (Å²) in [5.74, 6) is -1.45. The molecule has 0 radical (unpaired) electrons. The zero-order valence-corrected chi connectivity index (χ0v) is 15.8. The molecule has 6 nitrogen and oxygen atoms in total. The molecule has 1 aliphatic rings. The number of aromatic nitrogens is 3. The van der Waals surface area contributed by atoms with Crippen LogP contribution in [0.3, 0.4) is 0 Å². The minimum absolute atomic E-state index is 0.138. The second kappa shape index (κ2) is 6.22. The summed E-state index contributed by atoms with van der Waals surface area (Å²) in [4.78, 5) is 30.6. The highest BCUT2D eigenvalue weighted by molar-refractivity contribution is 6.30. The lowest BCUT2D eigenvalue weighted by Gasteiger charge is -2.05. The summed E-state index contributed by atoms with van der Waals surface area (Å²) in [6.45, 7) is 0. The van der Waals surface area contributed by atoms with Crippen LogP contribution in [0.15, 0.2) is 54.7 Å². The van der Waals surface area contributed by atoms with E-state index in [1.54, 1.807) is 6.07 Å². The third kappa shape index (κ3) is 2.48. The molecule has 5 rings (SSSR count). The molecule has 0 saturated heterocycles. The molecule has 3 heterocycles. The maximum absolute atomic E-state index is 14.6. The van der Waals surface area contributed by atoms with Gasteiger partial charge in [-0.3, -0.25) is 14.5 Å². The van der Waals surface area contributed by atoms with Crippen LogP contribution in [-0.4, -0.2) is 38.5 Å². The van der Waals surface area contributed by atoms with Crippen LogP contribution >= 0.6 is 11.6 Å². The maximum Gasteiger partial charge on any atom is 0.262 e. The number of rotatable bonds is 2. The van der Waals surface area contributed by atoms with Crippen LogP contribution in [-0.2, 0) is 0 Å². The number of nitrogens with zero attached hydrogens (tertiary/aromatic N) is 4. The van der Waals surface area contributed by atoms with Crippen molar-refractivity contribution in [3.63, 3.8) is 0 Å². The Bertz CT molecular complexity index is 1330. The molecule has 0 aliphatic carbocycles. The molecular formula is C21H12ClFN4O2. The predicted molar refractivity (Wildman–Crippen MR) is 106 cm³/mol. The topological polar surface area (TPSA) is 68.1 Å². The summed E-state index contributed by atoms with van der Waals surface area (Å²) in [6, 6.07) is 13.4. The van der Waals surface area contributed by atoms with Crippen LogP contribution < -0.4 is 0 Å². The van der Waals surface area contributed by atoms with Gasteiger partial charge in [-0.2, -0.15) is 5.10 Å². The normalized spacial score (nSPS) is 13.4. The van der Waals surface area contributed by atoms with Crippen molar-refractivity contribution in [3.05, 3.63) is 76.7 Å². The molecule has 0 saturated carbocycles. The number of pyridine rings is 1. The highest BCUT2D eigenvalue weighted by Crippen LogP contribution is 2.36. The minimum atomic E-state index is -0.580. The van der Waals surface area contributed by atoms with Crippen molar-refractivity contribution in [2.75, 3.05) is 7.05 Å². The number of fused-ring (bicyclic) bond motifs is 3. The van der Waals surface area contributed by atoms with E-state index in [0.717, 1.165) is 10.5 Å². The van der Waals surface area contributed by atoms with E-state index in [1.807, 2.05) is 30.3 Å². The third-order valence-corrected chi connectivity index (χ3v) is 5.17. The molecular weight excluding hydrogens is 395 g/mol. The molecule has 0 bridgehead atoms. The Morgan fingerprint density at radius 3 is 2.52 bits per heavy atom. The minimum Gasteiger partial charge on any atom is -0.277 e. The summed E-state index contributed by atoms with van der Waals surface area (Å²) in [7, 11) is 1.42. The van der Waals surface area contributed by atoms with Crippen molar-refractivity contribution in [1.82, 2.24) is 19.7 Å². The lowest BCUT2D eigenvalue weighted by atomic mass is 10.0. The van der Waals surface area contributed by atoms with Gasteiger partial charge in [0.1, 0.15) is 17.2 Å². The third-order valence-electron chi connectivity index (χ3n) is 4.93. The molecule has 0 spiro atoms. The summed E-state index contributed by atoms with van der Waals surface area (Å²) in [5, 5.41) is 5.23. The number of hydrogen-bond donors (Lipinski definition) is 0. The van der Waals surface area contributed by atoms with Crippen LogP contribution in [0.2, 0.25) is 5.02 Å². The van der Waals surface area contributed by atoms with Crippen LogP contribution in [0.25, 0.3) is 28.0 Å². The van der Waals surface area contributed by atoms with E-state index >= 15 is 0 Å². The maximum atomic E-state index is 14.6. The Kier molecular flexibility index (Phi) is 3.75.